The van der Waals surface area contributed by atoms with Crippen LogP contribution in [0.15, 0.2) is 29.8 Å². The second kappa shape index (κ2) is 6.69. The van der Waals surface area contributed by atoms with E-state index < -0.39 is 0 Å². The van der Waals surface area contributed by atoms with Crippen LogP contribution in [0.1, 0.15) is 12.6 Å². The summed E-state index contributed by atoms with van der Waals surface area (Å²) in [6.45, 7) is 12.8. The van der Waals surface area contributed by atoms with Crippen molar-refractivity contribution in [1.82, 2.24) is 20.5 Å². The van der Waals surface area contributed by atoms with Crippen LogP contribution in [-0.4, -0.2) is 41.4 Å². The third-order valence-electron chi connectivity index (χ3n) is 3.17. The molecule has 112 valence electrons. The lowest BCUT2D eigenvalue weighted by atomic mass is 10.1. The van der Waals surface area contributed by atoms with Crippen molar-refractivity contribution < 1.29 is 0 Å². The molecule has 3 N–H and O–H groups in total. The number of nitrogen functional groups attached to an aromatic ring is 1. The van der Waals surface area contributed by atoms with Gasteiger partial charge in [-0.15, -0.1) is 10.2 Å². The van der Waals surface area contributed by atoms with Crippen LogP contribution in [0, 0.1) is 0 Å². The van der Waals surface area contributed by atoms with Gasteiger partial charge < -0.3 is 16.0 Å². The lowest BCUT2D eigenvalue weighted by Crippen LogP contribution is -2.44. The Kier molecular flexibility index (Phi) is 4.93. The Morgan fingerprint density at radius 2 is 2.05 bits per heavy atom. The summed E-state index contributed by atoms with van der Waals surface area (Å²) >= 11 is 6.22. The molecule has 0 amide bonds. The van der Waals surface area contributed by atoms with Gasteiger partial charge in [-0.2, -0.15) is 4.98 Å². The Hall–Kier alpha value is -1.92. The maximum absolute atomic E-state index is 6.22. The maximum atomic E-state index is 6.22. The third-order valence-corrected chi connectivity index (χ3v) is 3.70. The van der Waals surface area contributed by atoms with Crippen LogP contribution in [0.3, 0.4) is 0 Å². The zero-order valence-electron chi connectivity index (χ0n) is 12.1. The number of nitrogens with one attached hydrogen (secondary N) is 1. The number of nitrogens with two attached hydrogens (primary N) is 1. The average molecular weight is 307 g/mol. The quantitative estimate of drug-likeness (QED) is 0.822. The Morgan fingerprint density at radius 1 is 1.38 bits per heavy atom. The predicted molar refractivity (Wildman–Crippen MR) is 87.1 cm³/mol. The molecule has 0 saturated carbocycles. The molecule has 1 aliphatic rings. The topological polar surface area (TPSA) is 80.0 Å². The number of rotatable bonds is 4. The van der Waals surface area contributed by atoms with Crippen molar-refractivity contribution in [2.24, 2.45) is 0 Å². The van der Waals surface area contributed by atoms with Crippen molar-refractivity contribution in [1.29, 1.82) is 0 Å². The van der Waals surface area contributed by atoms with Gasteiger partial charge >= 0.3 is 0 Å². The minimum absolute atomic E-state index is 0.285. The second-order valence-electron chi connectivity index (χ2n) is 4.79. The molecule has 0 unspecified atom stereocenters. The van der Waals surface area contributed by atoms with E-state index in [4.69, 9.17) is 17.3 Å². The standard InChI is InChI=1S/C14H19ClN6/c1-4-10(11(15)9(2)3)12-13(16)18-14(20-19-12)21-7-5-17-6-8-21/h4,17H,1-2,5-8H2,3H3,(H2,16,18,20). The van der Waals surface area contributed by atoms with Crippen molar-refractivity contribution in [3.8, 4) is 0 Å². The zero-order valence-corrected chi connectivity index (χ0v) is 12.8. The number of halogens is 1. The molecule has 0 bridgehead atoms. The fraction of sp³-hybridized carbons (Fsp3) is 0.357. The summed E-state index contributed by atoms with van der Waals surface area (Å²) in [5.41, 5.74) is 7.74. The molecule has 7 heteroatoms. The first-order valence-corrected chi connectivity index (χ1v) is 7.06. The minimum atomic E-state index is 0.285. The average Bonchev–Trinajstić information content (AvgIpc) is 2.50. The monoisotopic (exact) mass is 306 g/mol. The molecule has 1 saturated heterocycles. The molecule has 0 radical (unpaired) electrons. The number of nitrogens with zero attached hydrogens (tertiary/aromatic N) is 4. The highest BCUT2D eigenvalue weighted by Crippen LogP contribution is 2.28. The van der Waals surface area contributed by atoms with E-state index in [1.165, 1.54) is 0 Å². The van der Waals surface area contributed by atoms with Crippen LogP contribution >= 0.6 is 11.6 Å². The molecule has 0 spiro atoms. The van der Waals surface area contributed by atoms with E-state index in [1.807, 2.05) is 4.90 Å². The van der Waals surface area contributed by atoms with Gasteiger partial charge in [-0.05, 0) is 12.5 Å². The fourth-order valence-electron chi connectivity index (χ4n) is 2.04. The molecule has 1 aromatic rings. The summed E-state index contributed by atoms with van der Waals surface area (Å²) in [7, 11) is 0. The Labute approximate surface area is 129 Å². The van der Waals surface area contributed by atoms with E-state index in [0.29, 0.717) is 27.8 Å². The lowest BCUT2D eigenvalue weighted by Gasteiger charge is -2.27. The minimum Gasteiger partial charge on any atom is -0.382 e. The first-order chi connectivity index (χ1) is 10.0. The molecule has 0 aromatic carbocycles. The van der Waals surface area contributed by atoms with Gasteiger partial charge in [0.1, 0.15) is 5.69 Å². The highest BCUT2D eigenvalue weighted by Gasteiger charge is 2.17. The summed E-state index contributed by atoms with van der Waals surface area (Å²) in [5, 5.41) is 12.1. The van der Waals surface area contributed by atoms with Crippen LogP contribution < -0.4 is 16.0 Å². The molecule has 1 fully saturated rings. The number of aromatic nitrogens is 3. The summed E-state index contributed by atoms with van der Waals surface area (Å²) in [5.74, 6) is 0.820. The molecular weight excluding hydrogens is 288 g/mol. The largest absolute Gasteiger partial charge is 0.382 e. The predicted octanol–water partition coefficient (Wildman–Crippen LogP) is 1.58. The van der Waals surface area contributed by atoms with Crippen LogP contribution in [0.4, 0.5) is 11.8 Å². The Balaban J connectivity index is 2.36. The van der Waals surface area contributed by atoms with E-state index in [1.54, 1.807) is 13.0 Å². The molecule has 0 atom stereocenters. The smallest absolute Gasteiger partial charge is 0.247 e. The van der Waals surface area contributed by atoms with Crippen molar-refractivity contribution in [3.05, 3.63) is 35.5 Å². The number of allylic oxidation sites excluding steroid dienone is 4. The Bertz CT molecular complexity index is 589. The summed E-state index contributed by atoms with van der Waals surface area (Å²) in [6, 6.07) is 0. The van der Waals surface area contributed by atoms with Crippen molar-refractivity contribution in [2.75, 3.05) is 36.8 Å². The van der Waals surface area contributed by atoms with Crippen LogP contribution in [0.5, 0.6) is 0 Å². The third kappa shape index (κ3) is 3.40. The van der Waals surface area contributed by atoms with Gasteiger partial charge in [0.2, 0.25) is 5.95 Å². The molecule has 2 rings (SSSR count). The number of anilines is 2. The van der Waals surface area contributed by atoms with E-state index in [-0.39, 0.29) is 5.82 Å². The summed E-state index contributed by atoms with van der Waals surface area (Å²) < 4.78 is 0. The van der Waals surface area contributed by atoms with Crippen LogP contribution in [0.2, 0.25) is 0 Å². The van der Waals surface area contributed by atoms with Gasteiger partial charge in [-0.1, -0.05) is 30.8 Å². The Morgan fingerprint density at radius 3 is 2.57 bits per heavy atom. The molecular formula is C14H19ClN6. The van der Waals surface area contributed by atoms with Crippen molar-refractivity contribution in [3.63, 3.8) is 0 Å². The van der Waals surface area contributed by atoms with Gasteiger partial charge in [0, 0.05) is 31.8 Å². The first kappa shape index (κ1) is 15.5. The lowest BCUT2D eigenvalue weighted by molar-refractivity contribution is 0.577. The number of piperazine rings is 1. The maximum Gasteiger partial charge on any atom is 0.247 e. The van der Waals surface area contributed by atoms with E-state index in [9.17, 15) is 0 Å². The molecule has 1 aliphatic heterocycles. The van der Waals surface area contributed by atoms with E-state index >= 15 is 0 Å². The van der Waals surface area contributed by atoms with Gasteiger partial charge in [0.05, 0.1) is 5.03 Å². The van der Waals surface area contributed by atoms with E-state index in [0.717, 1.165) is 26.2 Å². The highest BCUT2D eigenvalue weighted by atomic mass is 35.5. The number of hydrogen-bond donors (Lipinski definition) is 2. The summed E-state index contributed by atoms with van der Waals surface area (Å²) in [6.07, 6.45) is 1.59. The highest BCUT2D eigenvalue weighted by molar-refractivity contribution is 6.35. The molecule has 0 aliphatic carbocycles. The van der Waals surface area contributed by atoms with Crippen LogP contribution in [-0.2, 0) is 0 Å². The van der Waals surface area contributed by atoms with Gasteiger partial charge in [-0.25, -0.2) is 0 Å². The zero-order chi connectivity index (χ0) is 15.4. The van der Waals surface area contributed by atoms with E-state index in [2.05, 4.69) is 33.7 Å². The molecule has 21 heavy (non-hydrogen) atoms. The molecule has 1 aromatic heterocycles. The van der Waals surface area contributed by atoms with Crippen molar-refractivity contribution in [2.45, 2.75) is 6.92 Å². The SMILES string of the molecule is C=CC(=C(Cl)C(=C)C)c1nnc(N2CCNCC2)nc1N. The normalized spacial score (nSPS) is 16.4. The first-order valence-electron chi connectivity index (χ1n) is 6.69. The van der Waals surface area contributed by atoms with Gasteiger partial charge in [-0.3, -0.25) is 0 Å². The van der Waals surface area contributed by atoms with Crippen molar-refractivity contribution >= 4 is 28.9 Å². The van der Waals surface area contributed by atoms with Crippen LogP contribution in [0.25, 0.3) is 5.57 Å². The summed E-state index contributed by atoms with van der Waals surface area (Å²) in [4.78, 5) is 6.38. The van der Waals surface area contributed by atoms with Gasteiger partial charge in [0.15, 0.2) is 5.82 Å². The number of hydrogen-bond acceptors (Lipinski definition) is 6. The van der Waals surface area contributed by atoms with Gasteiger partial charge in [0.25, 0.3) is 0 Å². The fourth-order valence-corrected chi connectivity index (χ4v) is 2.21. The second-order valence-corrected chi connectivity index (χ2v) is 5.17. The molecule has 2 heterocycles. The molecule has 6 nitrogen and oxygen atoms in total.